The van der Waals surface area contributed by atoms with E-state index in [2.05, 4.69) is 15.8 Å². The number of hydrogen-bond acceptors (Lipinski definition) is 5. The molecule has 0 unspecified atom stereocenters. The number of methoxy groups -OCH3 is 1. The zero-order valence-electron chi connectivity index (χ0n) is 19.1. The Balaban J connectivity index is 1.57. The fraction of sp³-hybridized carbons (Fsp3) is 0.192. The third-order valence-corrected chi connectivity index (χ3v) is 5.00. The lowest BCUT2D eigenvalue weighted by molar-refractivity contribution is -0.118. The predicted octanol–water partition coefficient (Wildman–Crippen LogP) is 4.40. The average Bonchev–Trinajstić information content (AvgIpc) is 2.80. The Bertz CT molecular complexity index is 1190. The molecule has 0 saturated heterocycles. The van der Waals surface area contributed by atoms with Crippen LogP contribution in [0.1, 0.15) is 32.6 Å². The Morgan fingerprint density at radius 2 is 1.76 bits per heavy atom. The maximum atomic E-state index is 12.3. The maximum absolute atomic E-state index is 12.3. The molecule has 0 bridgehead atoms. The minimum absolute atomic E-state index is 0.163. The summed E-state index contributed by atoms with van der Waals surface area (Å²) in [5.74, 6) is 0.304. The van der Waals surface area contributed by atoms with Gasteiger partial charge in [-0.1, -0.05) is 23.8 Å². The van der Waals surface area contributed by atoms with Gasteiger partial charge in [0.1, 0.15) is 0 Å². The quantitative estimate of drug-likeness (QED) is 0.397. The molecule has 3 rings (SSSR count). The molecule has 0 saturated carbocycles. The van der Waals surface area contributed by atoms with E-state index < -0.39 is 0 Å². The lowest BCUT2D eigenvalue weighted by Gasteiger charge is -2.12. The first kappa shape index (κ1) is 23.5. The number of amides is 2. The summed E-state index contributed by atoms with van der Waals surface area (Å²) >= 11 is 0. The summed E-state index contributed by atoms with van der Waals surface area (Å²) in [5, 5.41) is 6.82. The van der Waals surface area contributed by atoms with Crippen molar-refractivity contribution >= 4 is 23.7 Å². The van der Waals surface area contributed by atoms with Gasteiger partial charge in [0.05, 0.1) is 13.3 Å². The third-order valence-electron chi connectivity index (χ3n) is 5.00. The number of hydrogen-bond donors (Lipinski definition) is 2. The molecule has 33 heavy (non-hydrogen) atoms. The Morgan fingerprint density at radius 1 is 0.939 bits per heavy atom. The zero-order valence-corrected chi connectivity index (χ0v) is 19.1. The van der Waals surface area contributed by atoms with Crippen molar-refractivity contribution in [1.82, 2.24) is 5.43 Å². The van der Waals surface area contributed by atoms with Gasteiger partial charge in [-0.15, -0.1) is 0 Å². The molecule has 0 fully saturated rings. The van der Waals surface area contributed by atoms with E-state index >= 15 is 0 Å². The van der Waals surface area contributed by atoms with Crippen molar-refractivity contribution in [3.8, 4) is 11.5 Å². The van der Waals surface area contributed by atoms with E-state index in [1.54, 1.807) is 30.3 Å². The van der Waals surface area contributed by atoms with Gasteiger partial charge in [0.2, 0.25) is 0 Å². The van der Waals surface area contributed by atoms with Gasteiger partial charge in [0.25, 0.3) is 11.8 Å². The van der Waals surface area contributed by atoms with Crippen molar-refractivity contribution in [1.29, 1.82) is 0 Å². The number of aryl methyl sites for hydroxylation is 3. The van der Waals surface area contributed by atoms with Crippen molar-refractivity contribution in [2.75, 3.05) is 19.0 Å². The van der Waals surface area contributed by atoms with Crippen LogP contribution in [0, 0.1) is 20.8 Å². The van der Waals surface area contributed by atoms with Gasteiger partial charge in [-0.25, -0.2) is 5.43 Å². The Hall–Kier alpha value is -4.13. The summed E-state index contributed by atoms with van der Waals surface area (Å²) in [6.45, 7) is 5.76. The Morgan fingerprint density at radius 3 is 2.48 bits per heavy atom. The van der Waals surface area contributed by atoms with E-state index in [-0.39, 0.29) is 18.4 Å². The minimum atomic E-state index is -0.295. The molecule has 3 aromatic carbocycles. The summed E-state index contributed by atoms with van der Waals surface area (Å²) in [6, 6.07) is 18.1. The monoisotopic (exact) mass is 445 g/mol. The standard InChI is InChI=1S/C26H27N3O4/c1-17-6-5-7-21(12-17)26(31)29-27-15-20-9-11-23(24(14-20)32-4)33-16-25(30)28-22-10-8-18(2)19(3)13-22/h5-15H,16H2,1-4H3,(H,28,30)(H,29,31). The molecule has 0 aliphatic rings. The lowest BCUT2D eigenvalue weighted by atomic mass is 10.1. The molecule has 7 nitrogen and oxygen atoms in total. The van der Waals surface area contributed by atoms with E-state index in [1.165, 1.54) is 13.3 Å². The normalized spacial score (nSPS) is 10.7. The summed E-state index contributed by atoms with van der Waals surface area (Å²) in [6.07, 6.45) is 1.51. The van der Waals surface area contributed by atoms with Gasteiger partial charge in [-0.05, 0) is 79.9 Å². The molecule has 0 radical (unpaired) electrons. The Kier molecular flexibility index (Phi) is 7.81. The van der Waals surface area contributed by atoms with E-state index in [4.69, 9.17) is 9.47 Å². The molecule has 2 amide bonds. The van der Waals surface area contributed by atoms with E-state index in [0.717, 1.165) is 22.4 Å². The van der Waals surface area contributed by atoms with Crippen LogP contribution in [-0.2, 0) is 4.79 Å². The molecule has 170 valence electrons. The van der Waals surface area contributed by atoms with Crippen LogP contribution in [0.4, 0.5) is 5.69 Å². The summed E-state index contributed by atoms with van der Waals surface area (Å²) in [5.41, 5.74) is 7.71. The lowest BCUT2D eigenvalue weighted by Crippen LogP contribution is -2.20. The van der Waals surface area contributed by atoms with Crippen LogP contribution in [0.2, 0.25) is 0 Å². The van der Waals surface area contributed by atoms with Gasteiger partial charge in [0.15, 0.2) is 18.1 Å². The van der Waals surface area contributed by atoms with Crippen molar-refractivity contribution in [2.24, 2.45) is 5.10 Å². The first-order valence-corrected chi connectivity index (χ1v) is 10.4. The van der Waals surface area contributed by atoms with Crippen LogP contribution in [-0.4, -0.2) is 31.7 Å². The van der Waals surface area contributed by atoms with Gasteiger partial charge in [-0.3, -0.25) is 9.59 Å². The first-order chi connectivity index (χ1) is 15.9. The van der Waals surface area contributed by atoms with Gasteiger partial charge < -0.3 is 14.8 Å². The van der Waals surface area contributed by atoms with Crippen LogP contribution in [0.25, 0.3) is 0 Å². The maximum Gasteiger partial charge on any atom is 0.271 e. The third kappa shape index (κ3) is 6.67. The molecule has 0 heterocycles. The second-order valence-corrected chi connectivity index (χ2v) is 7.61. The van der Waals surface area contributed by atoms with Gasteiger partial charge in [-0.2, -0.15) is 5.10 Å². The smallest absolute Gasteiger partial charge is 0.271 e. The topological polar surface area (TPSA) is 89.0 Å². The summed E-state index contributed by atoms with van der Waals surface area (Å²) in [7, 11) is 1.51. The van der Waals surface area contributed by atoms with Crippen LogP contribution in [0.5, 0.6) is 11.5 Å². The number of hydrazone groups is 1. The highest BCUT2D eigenvalue weighted by Gasteiger charge is 2.10. The molecular formula is C26H27N3O4. The summed E-state index contributed by atoms with van der Waals surface area (Å²) in [4.78, 5) is 24.4. The van der Waals surface area contributed by atoms with Crippen molar-refractivity contribution in [3.05, 3.63) is 88.5 Å². The number of nitrogens with one attached hydrogen (secondary N) is 2. The van der Waals surface area contributed by atoms with Crippen molar-refractivity contribution < 1.29 is 19.1 Å². The number of nitrogens with zero attached hydrogens (tertiary/aromatic N) is 1. The number of carbonyl (C=O) groups is 2. The van der Waals surface area contributed by atoms with Crippen LogP contribution >= 0.6 is 0 Å². The SMILES string of the molecule is COc1cc(C=NNC(=O)c2cccc(C)c2)ccc1OCC(=O)Nc1ccc(C)c(C)c1. The zero-order chi connectivity index (χ0) is 23.8. The molecule has 0 aromatic heterocycles. The Labute approximate surface area is 193 Å². The van der Waals surface area contributed by atoms with Gasteiger partial charge in [0, 0.05) is 11.3 Å². The second-order valence-electron chi connectivity index (χ2n) is 7.61. The van der Waals surface area contributed by atoms with Crippen LogP contribution in [0.3, 0.4) is 0 Å². The number of carbonyl (C=O) groups excluding carboxylic acids is 2. The molecule has 3 aromatic rings. The van der Waals surface area contributed by atoms with E-state index in [9.17, 15) is 9.59 Å². The number of rotatable bonds is 8. The molecule has 0 aliphatic heterocycles. The minimum Gasteiger partial charge on any atom is -0.493 e. The molecule has 0 aliphatic carbocycles. The molecular weight excluding hydrogens is 418 g/mol. The average molecular weight is 446 g/mol. The van der Waals surface area contributed by atoms with Gasteiger partial charge >= 0.3 is 0 Å². The fourth-order valence-electron chi connectivity index (χ4n) is 3.06. The number of ether oxygens (including phenoxy) is 2. The van der Waals surface area contributed by atoms with E-state index in [0.29, 0.717) is 22.6 Å². The van der Waals surface area contributed by atoms with Crippen molar-refractivity contribution in [3.63, 3.8) is 0 Å². The van der Waals surface area contributed by atoms with Crippen molar-refractivity contribution in [2.45, 2.75) is 20.8 Å². The predicted molar refractivity (Wildman–Crippen MR) is 129 cm³/mol. The molecule has 0 atom stereocenters. The largest absolute Gasteiger partial charge is 0.493 e. The second kappa shape index (κ2) is 10.9. The van der Waals surface area contributed by atoms with E-state index in [1.807, 2.05) is 51.1 Å². The van der Waals surface area contributed by atoms with Crippen LogP contribution in [0.15, 0.2) is 65.8 Å². The highest BCUT2D eigenvalue weighted by atomic mass is 16.5. The number of anilines is 1. The molecule has 0 spiro atoms. The fourth-order valence-corrected chi connectivity index (χ4v) is 3.06. The van der Waals surface area contributed by atoms with Crippen LogP contribution < -0.4 is 20.2 Å². The highest BCUT2D eigenvalue weighted by Crippen LogP contribution is 2.27. The molecule has 2 N–H and O–H groups in total. The number of benzene rings is 3. The highest BCUT2D eigenvalue weighted by molar-refractivity contribution is 5.95. The summed E-state index contributed by atoms with van der Waals surface area (Å²) < 4.78 is 11.0. The molecule has 7 heteroatoms. The first-order valence-electron chi connectivity index (χ1n) is 10.4.